The second-order valence-electron chi connectivity index (χ2n) is 5.21. The smallest absolute Gasteiger partial charge is 0.422 e. The fraction of sp³-hybridized carbons (Fsp3) is 0.571. The van der Waals surface area contributed by atoms with E-state index in [0.717, 1.165) is 18.9 Å². The first-order valence-electron chi connectivity index (χ1n) is 6.59. The van der Waals surface area contributed by atoms with E-state index in [4.69, 9.17) is 0 Å². The van der Waals surface area contributed by atoms with Crippen LogP contribution < -0.4 is 9.64 Å². The highest BCUT2D eigenvalue weighted by molar-refractivity contribution is 5.52. The number of halogens is 4. The van der Waals surface area contributed by atoms with E-state index in [9.17, 15) is 17.6 Å². The number of rotatable bonds is 3. The molecule has 0 N–H and O–H groups in total. The Hall–Kier alpha value is -1.46. The zero-order chi connectivity index (χ0) is 14.8. The maximum Gasteiger partial charge on any atom is 0.422 e. The topological polar surface area (TPSA) is 12.5 Å². The first-order chi connectivity index (χ1) is 9.35. The number of piperidine rings is 1. The summed E-state index contributed by atoms with van der Waals surface area (Å²) in [6.07, 6.45) is -2.36. The molecule has 0 radical (unpaired) electrons. The summed E-state index contributed by atoms with van der Waals surface area (Å²) in [6.45, 7) is 2.13. The van der Waals surface area contributed by atoms with Crippen LogP contribution in [0.3, 0.4) is 0 Å². The lowest BCUT2D eigenvalue weighted by molar-refractivity contribution is -0.153. The summed E-state index contributed by atoms with van der Waals surface area (Å²) < 4.78 is 54.9. The molecule has 1 aliphatic heterocycles. The van der Waals surface area contributed by atoms with Crippen LogP contribution in [-0.2, 0) is 0 Å². The minimum atomic E-state index is -4.39. The van der Waals surface area contributed by atoms with Gasteiger partial charge in [0.15, 0.2) is 6.61 Å². The van der Waals surface area contributed by atoms with Gasteiger partial charge in [0.1, 0.15) is 11.6 Å². The number of ether oxygens (including phenoxy) is 1. The summed E-state index contributed by atoms with van der Waals surface area (Å²) in [5, 5.41) is 0. The highest BCUT2D eigenvalue weighted by Crippen LogP contribution is 2.29. The summed E-state index contributed by atoms with van der Waals surface area (Å²) in [4.78, 5) is 1.87. The molecule has 1 atom stereocenters. The molecule has 2 rings (SSSR count). The third-order valence-electron chi connectivity index (χ3n) is 3.32. The average Bonchev–Trinajstić information content (AvgIpc) is 2.37. The summed E-state index contributed by atoms with van der Waals surface area (Å²) in [5.41, 5.74) is 0.316. The predicted molar refractivity (Wildman–Crippen MR) is 68.6 cm³/mol. The van der Waals surface area contributed by atoms with Crippen LogP contribution in [0.2, 0.25) is 0 Å². The van der Waals surface area contributed by atoms with Gasteiger partial charge in [-0.2, -0.15) is 13.2 Å². The second kappa shape index (κ2) is 5.89. The Morgan fingerprint density at radius 3 is 2.75 bits per heavy atom. The van der Waals surface area contributed by atoms with Crippen LogP contribution in [0.5, 0.6) is 5.75 Å². The zero-order valence-electron chi connectivity index (χ0n) is 11.2. The second-order valence-corrected chi connectivity index (χ2v) is 5.21. The van der Waals surface area contributed by atoms with Crippen molar-refractivity contribution in [2.45, 2.75) is 25.9 Å². The largest absolute Gasteiger partial charge is 0.484 e. The third-order valence-corrected chi connectivity index (χ3v) is 3.32. The first kappa shape index (κ1) is 14.9. The molecule has 0 spiro atoms. The van der Waals surface area contributed by atoms with Crippen molar-refractivity contribution < 1.29 is 22.3 Å². The van der Waals surface area contributed by atoms with Crippen LogP contribution in [-0.4, -0.2) is 25.9 Å². The normalized spacial score (nSPS) is 20.1. The molecule has 1 heterocycles. The summed E-state index contributed by atoms with van der Waals surface area (Å²) in [6, 6.07) is 3.72. The van der Waals surface area contributed by atoms with E-state index >= 15 is 0 Å². The van der Waals surface area contributed by atoms with E-state index in [-0.39, 0.29) is 5.75 Å². The van der Waals surface area contributed by atoms with Gasteiger partial charge in [-0.15, -0.1) is 0 Å². The van der Waals surface area contributed by atoms with E-state index in [1.165, 1.54) is 12.1 Å². The Balaban J connectivity index is 2.12. The lowest BCUT2D eigenvalue weighted by Crippen LogP contribution is -2.34. The van der Waals surface area contributed by atoms with Crippen LogP contribution in [0.25, 0.3) is 0 Å². The van der Waals surface area contributed by atoms with Gasteiger partial charge in [0.25, 0.3) is 0 Å². The molecule has 0 saturated carbocycles. The monoisotopic (exact) mass is 291 g/mol. The predicted octanol–water partition coefficient (Wildman–Crippen LogP) is 4.00. The Bertz CT molecular complexity index is 461. The minimum Gasteiger partial charge on any atom is -0.484 e. The van der Waals surface area contributed by atoms with Crippen LogP contribution in [0.1, 0.15) is 19.8 Å². The molecule has 6 heteroatoms. The van der Waals surface area contributed by atoms with Crippen LogP contribution in [0.4, 0.5) is 23.2 Å². The van der Waals surface area contributed by atoms with Gasteiger partial charge < -0.3 is 9.64 Å². The van der Waals surface area contributed by atoms with E-state index < -0.39 is 18.6 Å². The maximum absolute atomic E-state index is 13.8. The Morgan fingerprint density at radius 2 is 2.10 bits per heavy atom. The molecule has 0 aromatic heterocycles. The van der Waals surface area contributed by atoms with E-state index in [1.807, 2.05) is 4.90 Å². The van der Waals surface area contributed by atoms with Gasteiger partial charge in [0.05, 0.1) is 5.69 Å². The molecule has 112 valence electrons. The molecule has 1 aliphatic rings. The number of alkyl halides is 3. The van der Waals surface area contributed by atoms with E-state index in [2.05, 4.69) is 11.7 Å². The third kappa shape index (κ3) is 4.02. The highest BCUT2D eigenvalue weighted by Gasteiger charge is 2.28. The fourth-order valence-electron chi connectivity index (χ4n) is 2.40. The van der Waals surface area contributed by atoms with E-state index in [1.54, 1.807) is 0 Å². The van der Waals surface area contributed by atoms with Gasteiger partial charge in [0, 0.05) is 19.2 Å². The van der Waals surface area contributed by atoms with Gasteiger partial charge >= 0.3 is 6.18 Å². The maximum atomic E-state index is 13.8. The van der Waals surface area contributed by atoms with Crippen LogP contribution in [0.15, 0.2) is 18.2 Å². The van der Waals surface area contributed by atoms with Crippen molar-refractivity contribution in [3.63, 3.8) is 0 Å². The fourth-order valence-corrected chi connectivity index (χ4v) is 2.40. The highest BCUT2D eigenvalue weighted by atomic mass is 19.4. The van der Waals surface area contributed by atoms with Crippen LogP contribution >= 0.6 is 0 Å². The average molecular weight is 291 g/mol. The molecule has 1 saturated heterocycles. The zero-order valence-corrected chi connectivity index (χ0v) is 11.2. The van der Waals surface area contributed by atoms with Crippen molar-refractivity contribution in [3.05, 3.63) is 24.0 Å². The minimum absolute atomic E-state index is 0.0388. The van der Waals surface area contributed by atoms with Gasteiger partial charge in [-0.1, -0.05) is 6.92 Å². The van der Waals surface area contributed by atoms with Gasteiger partial charge in [-0.05, 0) is 30.9 Å². The lowest BCUT2D eigenvalue weighted by Gasteiger charge is -2.33. The molecule has 1 aromatic rings. The van der Waals surface area contributed by atoms with Crippen molar-refractivity contribution in [3.8, 4) is 5.75 Å². The van der Waals surface area contributed by atoms with E-state index in [0.29, 0.717) is 24.7 Å². The number of nitrogens with zero attached hydrogens (tertiary/aromatic N) is 1. The summed E-state index contributed by atoms with van der Waals surface area (Å²) >= 11 is 0. The van der Waals surface area contributed by atoms with Crippen molar-refractivity contribution >= 4 is 5.69 Å². The van der Waals surface area contributed by atoms with Crippen LogP contribution in [0, 0.1) is 11.7 Å². The Labute approximate surface area is 115 Å². The number of hydrogen-bond donors (Lipinski definition) is 0. The molecule has 0 amide bonds. The van der Waals surface area contributed by atoms with Crippen molar-refractivity contribution in [1.82, 2.24) is 0 Å². The molecular formula is C14H17F4NO. The van der Waals surface area contributed by atoms with Gasteiger partial charge in [0.2, 0.25) is 0 Å². The van der Waals surface area contributed by atoms with Crippen molar-refractivity contribution in [2.24, 2.45) is 5.92 Å². The SMILES string of the molecule is CC1CCCN(c2cc(OCC(F)(F)F)ccc2F)C1. The molecule has 0 aliphatic carbocycles. The molecule has 1 unspecified atom stereocenters. The Morgan fingerprint density at radius 1 is 1.35 bits per heavy atom. The number of hydrogen-bond acceptors (Lipinski definition) is 2. The van der Waals surface area contributed by atoms with Crippen molar-refractivity contribution in [1.29, 1.82) is 0 Å². The summed E-state index contributed by atoms with van der Waals surface area (Å²) in [5.74, 6) is 0.0540. The first-order valence-corrected chi connectivity index (χ1v) is 6.59. The molecular weight excluding hydrogens is 274 g/mol. The molecule has 2 nitrogen and oxygen atoms in total. The van der Waals surface area contributed by atoms with Crippen molar-refractivity contribution in [2.75, 3.05) is 24.6 Å². The molecule has 0 bridgehead atoms. The number of benzene rings is 1. The Kier molecular flexibility index (Phi) is 4.40. The van der Waals surface area contributed by atoms with Gasteiger partial charge in [-0.3, -0.25) is 0 Å². The molecule has 1 aromatic carbocycles. The number of anilines is 1. The molecule has 1 fully saturated rings. The standard InChI is InChI=1S/C14H17F4NO/c1-10-3-2-6-19(8-10)13-7-11(4-5-12(13)15)20-9-14(16,17)18/h4-5,7,10H,2-3,6,8-9H2,1H3. The lowest BCUT2D eigenvalue weighted by atomic mass is 9.99. The molecule has 20 heavy (non-hydrogen) atoms. The summed E-state index contributed by atoms with van der Waals surface area (Å²) in [7, 11) is 0. The van der Waals surface area contributed by atoms with Gasteiger partial charge in [-0.25, -0.2) is 4.39 Å². The quantitative estimate of drug-likeness (QED) is 0.780.